The number of hydrogen-bond donors (Lipinski definition) is 3. The Morgan fingerprint density at radius 1 is 1.32 bits per heavy atom. The van der Waals surface area contributed by atoms with Crippen molar-refractivity contribution in [2.45, 2.75) is 0 Å². The zero-order valence-electron chi connectivity index (χ0n) is 9.65. The summed E-state index contributed by atoms with van der Waals surface area (Å²) in [4.78, 5) is 15.9. The van der Waals surface area contributed by atoms with Crippen molar-refractivity contribution in [3.63, 3.8) is 0 Å². The molecule has 4 N–H and O–H groups in total. The van der Waals surface area contributed by atoms with Gasteiger partial charge in [-0.05, 0) is 46.3 Å². The molecular weight excluding hydrogens is 332 g/mol. The van der Waals surface area contributed by atoms with Gasteiger partial charge in [-0.15, -0.1) is 0 Å². The number of benzene rings is 1. The largest absolute Gasteiger partial charge is 0.322 e. The zero-order valence-corrected chi connectivity index (χ0v) is 12.0. The van der Waals surface area contributed by atoms with Crippen molar-refractivity contribution in [1.29, 1.82) is 0 Å². The number of hydrogen-bond acceptors (Lipinski definition) is 4. The minimum Gasteiger partial charge on any atom is -0.322 e. The van der Waals surface area contributed by atoms with E-state index in [-0.39, 0.29) is 5.91 Å². The van der Waals surface area contributed by atoms with Gasteiger partial charge in [0.1, 0.15) is 5.82 Å². The number of nitrogen functional groups attached to an aromatic ring is 1. The van der Waals surface area contributed by atoms with Crippen LogP contribution in [0.2, 0.25) is 5.02 Å². The van der Waals surface area contributed by atoms with Crippen molar-refractivity contribution in [3.05, 3.63) is 51.6 Å². The fourth-order valence-electron chi connectivity index (χ4n) is 1.39. The lowest BCUT2D eigenvalue weighted by atomic mass is 10.2. The number of anilines is 2. The number of hydrazine groups is 1. The summed E-state index contributed by atoms with van der Waals surface area (Å²) in [5, 5.41) is 3.33. The molecule has 1 aromatic carbocycles. The number of carbonyl (C=O) groups is 1. The Hall–Kier alpha value is -1.63. The SMILES string of the molecule is NNc1ccc(C(=O)Nc2ccc(Cl)c(Br)c2)cn1. The minimum absolute atomic E-state index is 0.259. The average molecular weight is 342 g/mol. The maximum atomic E-state index is 12.0. The Balaban J connectivity index is 2.13. The van der Waals surface area contributed by atoms with Crippen LogP contribution < -0.4 is 16.6 Å². The number of aromatic nitrogens is 1. The van der Waals surface area contributed by atoms with Crippen molar-refractivity contribution in [3.8, 4) is 0 Å². The molecule has 5 nitrogen and oxygen atoms in total. The number of halogens is 2. The number of nitrogens with one attached hydrogen (secondary N) is 2. The van der Waals surface area contributed by atoms with Crippen LogP contribution >= 0.6 is 27.5 Å². The van der Waals surface area contributed by atoms with E-state index in [1.165, 1.54) is 6.20 Å². The summed E-state index contributed by atoms with van der Waals surface area (Å²) >= 11 is 9.17. The highest BCUT2D eigenvalue weighted by Crippen LogP contribution is 2.25. The van der Waals surface area contributed by atoms with E-state index in [1.807, 2.05) is 0 Å². The van der Waals surface area contributed by atoms with E-state index in [2.05, 4.69) is 31.7 Å². The van der Waals surface area contributed by atoms with Crippen LogP contribution in [0.1, 0.15) is 10.4 Å². The summed E-state index contributed by atoms with van der Waals surface area (Å²) in [5.41, 5.74) is 3.47. The van der Waals surface area contributed by atoms with Crippen LogP contribution in [-0.2, 0) is 0 Å². The molecule has 1 aromatic heterocycles. The fraction of sp³-hybridized carbons (Fsp3) is 0. The number of nitrogens with zero attached hydrogens (tertiary/aromatic N) is 1. The quantitative estimate of drug-likeness (QED) is 0.592. The molecule has 0 aliphatic carbocycles. The molecule has 0 atom stereocenters. The molecule has 0 aliphatic rings. The van der Waals surface area contributed by atoms with Gasteiger partial charge < -0.3 is 10.7 Å². The molecule has 2 aromatic rings. The average Bonchev–Trinajstić information content (AvgIpc) is 2.43. The van der Waals surface area contributed by atoms with Gasteiger partial charge in [-0.25, -0.2) is 10.8 Å². The highest BCUT2D eigenvalue weighted by Gasteiger charge is 2.07. The van der Waals surface area contributed by atoms with Crippen LogP contribution in [0.3, 0.4) is 0 Å². The second-order valence-electron chi connectivity index (χ2n) is 3.66. The summed E-state index contributed by atoms with van der Waals surface area (Å²) in [5.74, 6) is 5.43. The zero-order chi connectivity index (χ0) is 13.8. The first-order valence-corrected chi connectivity index (χ1v) is 6.46. The van der Waals surface area contributed by atoms with Gasteiger partial charge in [-0.3, -0.25) is 4.79 Å². The Kier molecular flexibility index (Phi) is 4.36. The Bertz CT molecular complexity index is 603. The number of rotatable bonds is 3. The standard InChI is InChI=1S/C12H10BrClN4O/c13-9-5-8(2-3-10(9)14)17-12(19)7-1-4-11(18-15)16-6-7/h1-6H,15H2,(H,16,18)(H,17,19). The third-order valence-electron chi connectivity index (χ3n) is 2.35. The van der Waals surface area contributed by atoms with Gasteiger partial charge in [-0.2, -0.15) is 0 Å². The number of carbonyl (C=O) groups excluding carboxylic acids is 1. The van der Waals surface area contributed by atoms with Crippen LogP contribution in [0.15, 0.2) is 41.0 Å². The molecule has 0 aliphatic heterocycles. The predicted molar refractivity (Wildman–Crippen MR) is 79.2 cm³/mol. The molecular formula is C12H10BrClN4O. The molecule has 0 radical (unpaired) electrons. The van der Waals surface area contributed by atoms with Crippen molar-refractivity contribution in [2.24, 2.45) is 5.84 Å². The molecule has 0 fully saturated rings. The van der Waals surface area contributed by atoms with Crippen LogP contribution in [0.25, 0.3) is 0 Å². The summed E-state index contributed by atoms with van der Waals surface area (Å²) < 4.78 is 0.716. The topological polar surface area (TPSA) is 80.0 Å². The van der Waals surface area contributed by atoms with Gasteiger partial charge in [0.15, 0.2) is 0 Å². The molecule has 2 rings (SSSR count). The highest BCUT2D eigenvalue weighted by atomic mass is 79.9. The molecule has 1 amide bonds. The molecule has 0 saturated heterocycles. The molecule has 0 saturated carbocycles. The van der Waals surface area contributed by atoms with Gasteiger partial charge in [0.2, 0.25) is 0 Å². The van der Waals surface area contributed by atoms with E-state index in [1.54, 1.807) is 30.3 Å². The van der Waals surface area contributed by atoms with Gasteiger partial charge in [-0.1, -0.05) is 11.6 Å². The summed E-state index contributed by atoms with van der Waals surface area (Å²) in [6.45, 7) is 0. The first kappa shape index (κ1) is 13.8. The number of amides is 1. The first-order chi connectivity index (χ1) is 9.10. The van der Waals surface area contributed by atoms with E-state index in [0.717, 1.165) is 0 Å². The molecule has 0 unspecified atom stereocenters. The van der Waals surface area contributed by atoms with E-state index in [4.69, 9.17) is 17.4 Å². The van der Waals surface area contributed by atoms with Crippen molar-refractivity contribution in [1.82, 2.24) is 4.98 Å². The van der Waals surface area contributed by atoms with E-state index < -0.39 is 0 Å². The molecule has 7 heteroatoms. The van der Waals surface area contributed by atoms with Crippen LogP contribution in [0, 0.1) is 0 Å². The lowest BCUT2D eigenvalue weighted by molar-refractivity contribution is 0.102. The normalized spacial score (nSPS) is 10.1. The van der Waals surface area contributed by atoms with Crippen molar-refractivity contribution < 1.29 is 4.79 Å². The van der Waals surface area contributed by atoms with Gasteiger partial charge in [0.05, 0.1) is 10.6 Å². The number of nitrogens with two attached hydrogens (primary N) is 1. The smallest absolute Gasteiger partial charge is 0.257 e. The molecule has 98 valence electrons. The third kappa shape index (κ3) is 3.44. The lowest BCUT2D eigenvalue weighted by Crippen LogP contribution is -2.13. The Morgan fingerprint density at radius 2 is 2.11 bits per heavy atom. The first-order valence-electron chi connectivity index (χ1n) is 5.29. The monoisotopic (exact) mass is 340 g/mol. The van der Waals surface area contributed by atoms with Gasteiger partial charge in [0.25, 0.3) is 5.91 Å². The van der Waals surface area contributed by atoms with Crippen molar-refractivity contribution >= 4 is 44.9 Å². The predicted octanol–water partition coefficient (Wildman–Crippen LogP) is 3.04. The second-order valence-corrected chi connectivity index (χ2v) is 4.92. The van der Waals surface area contributed by atoms with Gasteiger partial charge >= 0.3 is 0 Å². The molecule has 1 heterocycles. The number of pyridine rings is 1. The molecule has 0 spiro atoms. The maximum Gasteiger partial charge on any atom is 0.257 e. The van der Waals surface area contributed by atoms with E-state index in [9.17, 15) is 4.79 Å². The summed E-state index contributed by atoms with van der Waals surface area (Å²) in [6, 6.07) is 8.38. The highest BCUT2D eigenvalue weighted by molar-refractivity contribution is 9.10. The molecule has 0 bridgehead atoms. The lowest BCUT2D eigenvalue weighted by Gasteiger charge is -2.06. The van der Waals surface area contributed by atoms with Crippen molar-refractivity contribution in [2.75, 3.05) is 10.7 Å². The summed E-state index contributed by atoms with van der Waals surface area (Å²) in [6.07, 6.45) is 1.44. The van der Waals surface area contributed by atoms with Gasteiger partial charge in [0, 0.05) is 16.4 Å². The van der Waals surface area contributed by atoms with Crippen LogP contribution in [0.4, 0.5) is 11.5 Å². The third-order valence-corrected chi connectivity index (χ3v) is 3.56. The fourth-order valence-corrected chi connectivity index (χ4v) is 1.89. The second kappa shape index (κ2) is 6.01. The van der Waals surface area contributed by atoms with Crippen LogP contribution in [-0.4, -0.2) is 10.9 Å². The minimum atomic E-state index is -0.259. The van der Waals surface area contributed by atoms with Crippen LogP contribution in [0.5, 0.6) is 0 Å². The van der Waals surface area contributed by atoms with E-state index in [0.29, 0.717) is 26.6 Å². The van der Waals surface area contributed by atoms with E-state index >= 15 is 0 Å². The maximum absolute atomic E-state index is 12.0. The Labute approximate surface area is 123 Å². The summed E-state index contributed by atoms with van der Waals surface area (Å²) in [7, 11) is 0. The molecule has 19 heavy (non-hydrogen) atoms. The Morgan fingerprint density at radius 3 is 2.68 bits per heavy atom.